The second kappa shape index (κ2) is 2.96. The molecule has 0 unspecified atom stereocenters. The average molecular weight is 179 g/mol. The summed E-state index contributed by atoms with van der Waals surface area (Å²) >= 11 is 0. The van der Waals surface area contributed by atoms with Gasteiger partial charge in [-0.1, -0.05) is 0 Å². The number of rotatable bonds is 1. The summed E-state index contributed by atoms with van der Waals surface area (Å²) in [6.45, 7) is 1.87. The molecule has 0 atom stereocenters. The Bertz CT molecular complexity index is 343. The van der Waals surface area contributed by atoms with Crippen LogP contribution >= 0.6 is 0 Å². The molecule has 0 amide bonds. The van der Waals surface area contributed by atoms with Gasteiger partial charge in [0.25, 0.3) is 0 Å². The van der Waals surface area contributed by atoms with Crippen molar-refractivity contribution in [2.45, 2.75) is 13.0 Å². The molecule has 0 saturated heterocycles. The second-order valence-corrected chi connectivity index (χ2v) is 3.54. The fourth-order valence-electron chi connectivity index (χ4n) is 1.82. The first-order chi connectivity index (χ1) is 6.22. The van der Waals surface area contributed by atoms with Crippen LogP contribution < -0.4 is 0 Å². The van der Waals surface area contributed by atoms with Gasteiger partial charge in [0.05, 0.1) is 5.69 Å². The van der Waals surface area contributed by atoms with Crippen LogP contribution in [0.3, 0.4) is 0 Å². The van der Waals surface area contributed by atoms with Gasteiger partial charge in [-0.2, -0.15) is 5.10 Å². The Labute approximate surface area is 77.1 Å². The third-order valence-corrected chi connectivity index (χ3v) is 2.55. The van der Waals surface area contributed by atoms with E-state index in [1.807, 2.05) is 7.05 Å². The van der Waals surface area contributed by atoms with Gasteiger partial charge >= 0.3 is 0 Å². The van der Waals surface area contributed by atoms with E-state index in [1.54, 1.807) is 4.68 Å². The molecule has 0 radical (unpaired) electrons. The first-order valence-electron chi connectivity index (χ1n) is 4.41. The molecule has 0 bridgehead atoms. The third-order valence-electron chi connectivity index (χ3n) is 2.55. The molecule has 13 heavy (non-hydrogen) atoms. The van der Waals surface area contributed by atoms with E-state index in [-0.39, 0.29) is 0 Å². The van der Waals surface area contributed by atoms with Crippen molar-refractivity contribution >= 4 is 6.29 Å². The summed E-state index contributed by atoms with van der Waals surface area (Å²) in [5.41, 5.74) is 2.93. The summed E-state index contributed by atoms with van der Waals surface area (Å²) in [6.07, 6.45) is 1.84. The van der Waals surface area contributed by atoms with Gasteiger partial charge in [0.1, 0.15) is 5.69 Å². The first-order valence-corrected chi connectivity index (χ1v) is 4.41. The molecule has 0 spiro atoms. The molecule has 1 aliphatic heterocycles. The van der Waals surface area contributed by atoms with E-state index in [4.69, 9.17) is 0 Å². The van der Waals surface area contributed by atoms with E-state index in [2.05, 4.69) is 17.0 Å². The van der Waals surface area contributed by atoms with Crippen molar-refractivity contribution in [2.24, 2.45) is 7.05 Å². The molecule has 1 aromatic rings. The maximum atomic E-state index is 10.8. The van der Waals surface area contributed by atoms with Crippen LogP contribution in [0, 0.1) is 0 Å². The lowest BCUT2D eigenvalue weighted by Crippen LogP contribution is -2.26. The van der Waals surface area contributed by atoms with Crippen molar-refractivity contribution in [1.29, 1.82) is 0 Å². The first kappa shape index (κ1) is 8.44. The van der Waals surface area contributed by atoms with Crippen LogP contribution in [0.2, 0.25) is 0 Å². The third kappa shape index (κ3) is 1.27. The van der Waals surface area contributed by atoms with Gasteiger partial charge in [-0.15, -0.1) is 0 Å². The lowest BCUT2D eigenvalue weighted by atomic mass is 10.1. The van der Waals surface area contributed by atoms with E-state index in [0.29, 0.717) is 0 Å². The highest BCUT2D eigenvalue weighted by Crippen LogP contribution is 2.19. The molecule has 4 nitrogen and oxygen atoms in total. The molecule has 1 aromatic heterocycles. The van der Waals surface area contributed by atoms with Gasteiger partial charge in [-0.25, -0.2) is 0 Å². The number of aromatic nitrogens is 2. The predicted molar refractivity (Wildman–Crippen MR) is 48.6 cm³/mol. The average Bonchev–Trinajstić information content (AvgIpc) is 2.39. The van der Waals surface area contributed by atoms with Gasteiger partial charge in [0, 0.05) is 25.7 Å². The lowest BCUT2D eigenvalue weighted by molar-refractivity contribution is 0.111. The van der Waals surface area contributed by atoms with E-state index < -0.39 is 0 Å². The van der Waals surface area contributed by atoms with Crippen molar-refractivity contribution in [3.05, 3.63) is 17.0 Å². The SMILES string of the molecule is CN1CCc2c(nn(C)c2C=O)C1. The van der Waals surface area contributed by atoms with Crippen LogP contribution in [-0.4, -0.2) is 34.6 Å². The Morgan fingerprint density at radius 2 is 2.23 bits per heavy atom. The van der Waals surface area contributed by atoms with Crippen LogP contribution in [0.1, 0.15) is 21.7 Å². The molecule has 4 heteroatoms. The van der Waals surface area contributed by atoms with Gasteiger partial charge in [0.2, 0.25) is 0 Å². The number of hydrogen-bond donors (Lipinski definition) is 0. The number of hydrogen-bond acceptors (Lipinski definition) is 3. The Balaban J connectivity index is 2.46. The molecule has 0 saturated carbocycles. The summed E-state index contributed by atoms with van der Waals surface area (Å²) < 4.78 is 1.68. The molecular formula is C9H13N3O. The standard InChI is InChI=1S/C9H13N3O/c1-11-4-3-7-8(5-11)10-12(2)9(7)6-13/h6H,3-5H2,1-2H3. The summed E-state index contributed by atoms with van der Waals surface area (Å²) in [5.74, 6) is 0. The predicted octanol–water partition coefficient (Wildman–Crippen LogP) is 0.220. The van der Waals surface area contributed by atoms with Crippen LogP contribution in [-0.2, 0) is 20.0 Å². The van der Waals surface area contributed by atoms with Gasteiger partial charge < -0.3 is 4.90 Å². The van der Waals surface area contributed by atoms with E-state index in [0.717, 1.165) is 42.7 Å². The fraction of sp³-hybridized carbons (Fsp3) is 0.556. The minimum Gasteiger partial charge on any atom is -0.300 e. The largest absolute Gasteiger partial charge is 0.300 e. The Morgan fingerprint density at radius 1 is 1.46 bits per heavy atom. The number of carbonyl (C=O) groups is 1. The normalized spacial score (nSPS) is 17.1. The number of nitrogens with zero attached hydrogens (tertiary/aromatic N) is 3. The topological polar surface area (TPSA) is 38.1 Å². The number of fused-ring (bicyclic) bond motifs is 1. The number of aryl methyl sites for hydroxylation is 1. The molecule has 2 rings (SSSR count). The zero-order valence-electron chi connectivity index (χ0n) is 7.95. The maximum absolute atomic E-state index is 10.8. The van der Waals surface area contributed by atoms with Crippen molar-refractivity contribution in [2.75, 3.05) is 13.6 Å². The number of carbonyl (C=O) groups excluding carboxylic acids is 1. The molecule has 0 aromatic carbocycles. The summed E-state index contributed by atoms with van der Waals surface area (Å²) in [7, 11) is 3.89. The molecule has 0 N–H and O–H groups in total. The summed E-state index contributed by atoms with van der Waals surface area (Å²) in [6, 6.07) is 0. The molecular weight excluding hydrogens is 166 g/mol. The van der Waals surface area contributed by atoms with Gasteiger partial charge in [-0.05, 0) is 13.5 Å². The van der Waals surface area contributed by atoms with Crippen molar-refractivity contribution in [3.8, 4) is 0 Å². The lowest BCUT2D eigenvalue weighted by Gasteiger charge is -2.20. The summed E-state index contributed by atoms with van der Waals surface area (Å²) in [5, 5.41) is 4.32. The highest BCUT2D eigenvalue weighted by molar-refractivity contribution is 5.75. The smallest absolute Gasteiger partial charge is 0.168 e. The zero-order valence-corrected chi connectivity index (χ0v) is 7.95. The summed E-state index contributed by atoms with van der Waals surface area (Å²) in [4.78, 5) is 13.0. The fourth-order valence-corrected chi connectivity index (χ4v) is 1.82. The van der Waals surface area contributed by atoms with Gasteiger partial charge in [0.15, 0.2) is 6.29 Å². The highest BCUT2D eigenvalue weighted by Gasteiger charge is 2.20. The van der Waals surface area contributed by atoms with E-state index >= 15 is 0 Å². The van der Waals surface area contributed by atoms with Gasteiger partial charge in [-0.3, -0.25) is 9.48 Å². The maximum Gasteiger partial charge on any atom is 0.168 e. The van der Waals surface area contributed by atoms with Crippen LogP contribution in [0.4, 0.5) is 0 Å². The second-order valence-electron chi connectivity index (χ2n) is 3.54. The minimum absolute atomic E-state index is 0.739. The van der Waals surface area contributed by atoms with E-state index in [9.17, 15) is 4.79 Å². The molecule has 2 heterocycles. The highest BCUT2D eigenvalue weighted by atomic mass is 16.1. The molecule has 0 fully saturated rings. The van der Waals surface area contributed by atoms with Crippen molar-refractivity contribution in [3.63, 3.8) is 0 Å². The zero-order chi connectivity index (χ0) is 9.42. The van der Waals surface area contributed by atoms with E-state index in [1.165, 1.54) is 0 Å². The van der Waals surface area contributed by atoms with Crippen LogP contribution in [0.5, 0.6) is 0 Å². The van der Waals surface area contributed by atoms with Crippen LogP contribution in [0.25, 0.3) is 0 Å². The quantitative estimate of drug-likeness (QED) is 0.579. The Kier molecular flexibility index (Phi) is 1.92. The number of aldehydes is 1. The Hall–Kier alpha value is -1.16. The molecule has 0 aliphatic carbocycles. The van der Waals surface area contributed by atoms with Crippen molar-refractivity contribution in [1.82, 2.24) is 14.7 Å². The minimum atomic E-state index is 0.739. The molecule has 70 valence electrons. The molecule has 1 aliphatic rings. The van der Waals surface area contributed by atoms with Crippen LogP contribution in [0.15, 0.2) is 0 Å². The van der Waals surface area contributed by atoms with Crippen molar-refractivity contribution < 1.29 is 4.79 Å². The number of likely N-dealkylation sites (N-methyl/N-ethyl adjacent to an activating group) is 1. The Morgan fingerprint density at radius 3 is 2.92 bits per heavy atom. The monoisotopic (exact) mass is 179 g/mol.